The Labute approximate surface area is 146 Å². The Morgan fingerprint density at radius 3 is 2.68 bits per heavy atom. The van der Waals surface area contributed by atoms with Crippen molar-refractivity contribution < 1.29 is 4.79 Å². The fraction of sp³-hybridized carbons (Fsp3) is 0.200. The summed E-state index contributed by atoms with van der Waals surface area (Å²) in [6.45, 7) is 3.34. The Kier molecular flexibility index (Phi) is 5.32. The molecule has 0 radical (unpaired) electrons. The van der Waals surface area contributed by atoms with Gasteiger partial charge in [0.15, 0.2) is 0 Å². The molecule has 116 valence electrons. The number of aryl methyl sites for hydroxylation is 1. The number of pyridine rings is 1. The van der Waals surface area contributed by atoms with E-state index < -0.39 is 6.04 Å². The lowest BCUT2D eigenvalue weighted by molar-refractivity contribution is -0.118. The van der Waals surface area contributed by atoms with Crippen molar-refractivity contribution in [3.8, 4) is 0 Å². The van der Waals surface area contributed by atoms with Gasteiger partial charge in [-0.05, 0) is 54.0 Å². The Morgan fingerprint density at radius 1 is 1.32 bits per heavy atom. The third kappa shape index (κ3) is 3.72. The van der Waals surface area contributed by atoms with Crippen molar-refractivity contribution in [1.82, 2.24) is 4.57 Å². The molecule has 22 heavy (non-hydrogen) atoms. The monoisotopic (exact) mass is 402 g/mol. The number of nitrogens with zero attached hydrogens (tertiary/aromatic N) is 1. The Morgan fingerprint density at radius 2 is 2.00 bits per heavy atom. The largest absolute Gasteiger partial charge is 0.323 e. The number of anilines is 1. The Bertz CT molecular complexity index is 790. The Hall–Kier alpha value is -1.30. The summed E-state index contributed by atoms with van der Waals surface area (Å²) in [5, 5.41) is 3.52. The summed E-state index contributed by atoms with van der Waals surface area (Å²) >= 11 is 15.2. The highest BCUT2D eigenvalue weighted by molar-refractivity contribution is 9.10. The topological polar surface area (TPSA) is 51.1 Å². The highest BCUT2D eigenvalue weighted by Crippen LogP contribution is 2.26. The lowest BCUT2D eigenvalue weighted by atomic mass is 10.2. The average Bonchev–Trinajstić information content (AvgIpc) is 2.45. The van der Waals surface area contributed by atoms with E-state index in [1.807, 2.05) is 0 Å². The summed E-state index contributed by atoms with van der Waals surface area (Å²) in [5.74, 6) is -0.358. The summed E-state index contributed by atoms with van der Waals surface area (Å²) in [6.07, 6.45) is 1.58. The number of nitrogens with one attached hydrogen (secondary N) is 1. The molecule has 1 unspecified atom stereocenters. The average molecular weight is 404 g/mol. The SMILES string of the molecule is Cc1cc(Br)cn(C(C)C(=O)Nc2cc(Cl)ccc2Cl)c1=O. The molecule has 0 aliphatic rings. The van der Waals surface area contributed by atoms with Gasteiger partial charge in [0.25, 0.3) is 5.56 Å². The molecule has 0 fully saturated rings. The van der Waals surface area contributed by atoms with Gasteiger partial charge in [-0.3, -0.25) is 9.59 Å². The van der Waals surface area contributed by atoms with E-state index in [-0.39, 0.29) is 11.5 Å². The predicted molar refractivity (Wildman–Crippen MR) is 92.9 cm³/mol. The zero-order valence-corrected chi connectivity index (χ0v) is 15.0. The number of benzene rings is 1. The van der Waals surface area contributed by atoms with Crippen molar-refractivity contribution in [2.45, 2.75) is 19.9 Å². The minimum atomic E-state index is -0.696. The molecule has 1 aromatic heterocycles. The van der Waals surface area contributed by atoms with Crippen molar-refractivity contribution in [3.63, 3.8) is 0 Å². The van der Waals surface area contributed by atoms with E-state index in [0.717, 1.165) is 4.47 Å². The molecule has 2 rings (SSSR count). The van der Waals surface area contributed by atoms with Gasteiger partial charge < -0.3 is 9.88 Å². The highest BCUT2D eigenvalue weighted by atomic mass is 79.9. The van der Waals surface area contributed by atoms with Gasteiger partial charge in [-0.25, -0.2) is 0 Å². The summed E-state index contributed by atoms with van der Waals surface area (Å²) in [5.41, 5.74) is 0.739. The number of hydrogen-bond donors (Lipinski definition) is 1. The zero-order valence-electron chi connectivity index (χ0n) is 11.9. The van der Waals surface area contributed by atoms with Crippen molar-refractivity contribution in [1.29, 1.82) is 0 Å². The van der Waals surface area contributed by atoms with Gasteiger partial charge in [0.1, 0.15) is 6.04 Å². The van der Waals surface area contributed by atoms with Crippen LogP contribution in [0.3, 0.4) is 0 Å². The molecule has 1 atom stereocenters. The number of carbonyl (C=O) groups is 1. The first-order valence-corrected chi connectivity index (χ1v) is 7.98. The zero-order chi connectivity index (χ0) is 16.4. The summed E-state index contributed by atoms with van der Waals surface area (Å²) in [4.78, 5) is 24.5. The molecule has 1 N–H and O–H groups in total. The van der Waals surface area contributed by atoms with Gasteiger partial charge in [-0.2, -0.15) is 0 Å². The van der Waals surface area contributed by atoms with Gasteiger partial charge in [0.05, 0.1) is 10.7 Å². The smallest absolute Gasteiger partial charge is 0.254 e. The summed E-state index contributed by atoms with van der Waals surface area (Å²) in [6, 6.07) is 5.80. The van der Waals surface area contributed by atoms with Crippen LogP contribution in [0.5, 0.6) is 0 Å². The van der Waals surface area contributed by atoms with Gasteiger partial charge in [0, 0.05) is 21.3 Å². The molecule has 0 aliphatic carbocycles. The first-order valence-electron chi connectivity index (χ1n) is 6.44. The molecule has 0 aliphatic heterocycles. The molecule has 0 bridgehead atoms. The van der Waals surface area contributed by atoms with Crippen LogP contribution in [0, 0.1) is 6.92 Å². The Balaban J connectivity index is 2.30. The maximum atomic E-state index is 12.4. The summed E-state index contributed by atoms with van der Waals surface area (Å²) in [7, 11) is 0. The number of aromatic nitrogens is 1. The van der Waals surface area contributed by atoms with Crippen molar-refractivity contribution >= 4 is 50.7 Å². The molecule has 1 heterocycles. The van der Waals surface area contributed by atoms with Crippen molar-refractivity contribution in [3.05, 3.63) is 60.9 Å². The first-order chi connectivity index (χ1) is 10.3. The number of amides is 1. The molecular formula is C15H13BrCl2N2O2. The van der Waals surface area contributed by atoms with E-state index in [2.05, 4.69) is 21.2 Å². The van der Waals surface area contributed by atoms with Crippen LogP contribution in [0.2, 0.25) is 10.0 Å². The van der Waals surface area contributed by atoms with Crippen LogP contribution in [-0.2, 0) is 4.79 Å². The van der Waals surface area contributed by atoms with E-state index in [4.69, 9.17) is 23.2 Å². The van der Waals surface area contributed by atoms with Gasteiger partial charge >= 0.3 is 0 Å². The van der Waals surface area contributed by atoms with Gasteiger partial charge in [-0.15, -0.1) is 0 Å². The summed E-state index contributed by atoms with van der Waals surface area (Å²) < 4.78 is 2.10. The predicted octanol–water partition coefficient (Wildman–Crippen LogP) is 4.43. The quantitative estimate of drug-likeness (QED) is 0.824. The van der Waals surface area contributed by atoms with E-state index in [1.165, 1.54) is 4.57 Å². The van der Waals surface area contributed by atoms with Crippen LogP contribution in [0.25, 0.3) is 0 Å². The van der Waals surface area contributed by atoms with Crippen molar-refractivity contribution in [2.75, 3.05) is 5.32 Å². The lowest BCUT2D eigenvalue weighted by Crippen LogP contribution is -2.32. The van der Waals surface area contributed by atoms with E-state index in [1.54, 1.807) is 44.3 Å². The van der Waals surface area contributed by atoms with Crippen LogP contribution in [-0.4, -0.2) is 10.5 Å². The maximum absolute atomic E-state index is 12.4. The van der Waals surface area contributed by atoms with E-state index in [9.17, 15) is 9.59 Å². The molecular weight excluding hydrogens is 391 g/mol. The molecule has 0 spiro atoms. The maximum Gasteiger partial charge on any atom is 0.254 e. The third-order valence-electron chi connectivity index (χ3n) is 3.17. The molecule has 0 saturated heterocycles. The lowest BCUT2D eigenvalue weighted by Gasteiger charge is -2.17. The second-order valence-electron chi connectivity index (χ2n) is 4.84. The molecule has 1 amide bonds. The second kappa shape index (κ2) is 6.86. The standard InChI is InChI=1S/C15H13BrCl2N2O2/c1-8-5-10(16)7-20(15(8)22)9(2)14(21)19-13-6-11(17)3-4-12(13)18/h3-7,9H,1-2H3,(H,19,21). The second-order valence-corrected chi connectivity index (χ2v) is 6.60. The molecule has 0 saturated carbocycles. The van der Waals surface area contributed by atoms with Gasteiger partial charge in [-0.1, -0.05) is 23.2 Å². The normalized spacial score (nSPS) is 12.0. The molecule has 7 heteroatoms. The highest BCUT2D eigenvalue weighted by Gasteiger charge is 2.18. The van der Waals surface area contributed by atoms with Crippen LogP contribution in [0.15, 0.2) is 39.7 Å². The first kappa shape index (κ1) is 17.1. The third-order valence-corrected chi connectivity index (χ3v) is 4.17. The van der Waals surface area contributed by atoms with Gasteiger partial charge in [0.2, 0.25) is 5.91 Å². The van der Waals surface area contributed by atoms with E-state index >= 15 is 0 Å². The van der Waals surface area contributed by atoms with Crippen LogP contribution in [0.4, 0.5) is 5.69 Å². The van der Waals surface area contributed by atoms with Crippen molar-refractivity contribution in [2.24, 2.45) is 0 Å². The molecule has 4 nitrogen and oxygen atoms in total. The minimum Gasteiger partial charge on any atom is -0.323 e. The molecule has 1 aromatic carbocycles. The fourth-order valence-corrected chi connectivity index (χ4v) is 2.85. The van der Waals surface area contributed by atoms with Crippen LogP contribution < -0.4 is 10.9 Å². The fourth-order valence-electron chi connectivity index (χ4n) is 1.95. The van der Waals surface area contributed by atoms with Crippen LogP contribution >= 0.6 is 39.1 Å². The number of hydrogen-bond acceptors (Lipinski definition) is 2. The van der Waals surface area contributed by atoms with E-state index in [0.29, 0.717) is 21.3 Å². The molecule has 2 aromatic rings. The number of halogens is 3. The van der Waals surface area contributed by atoms with Crippen LogP contribution in [0.1, 0.15) is 18.5 Å². The number of rotatable bonds is 3. The minimum absolute atomic E-state index is 0.219. The number of carbonyl (C=O) groups excluding carboxylic acids is 1.